The maximum absolute atomic E-state index is 5.82. The van der Waals surface area contributed by atoms with Gasteiger partial charge in [0.05, 0.1) is 0 Å². The lowest BCUT2D eigenvalue weighted by Crippen LogP contribution is -2.57. The Kier molecular flexibility index (Phi) is 5.22. The topological polar surface area (TPSA) is 32.5 Å². The third-order valence-corrected chi connectivity index (χ3v) is 3.99. The minimum Gasteiger partial charge on any atom is -0.329 e. The summed E-state index contributed by atoms with van der Waals surface area (Å²) < 4.78 is 0. The minimum absolute atomic E-state index is 0.169. The van der Waals surface area contributed by atoms with Crippen LogP contribution in [-0.2, 0) is 0 Å². The summed E-state index contributed by atoms with van der Waals surface area (Å²) in [6.07, 6.45) is 1.29. The molecule has 2 N–H and O–H groups in total. The Bertz CT molecular complexity index is 195. The monoisotopic (exact) mass is 227 g/mol. The summed E-state index contributed by atoms with van der Waals surface area (Å²) in [6.45, 7) is 15.9. The first kappa shape index (κ1) is 13.9. The predicted molar refractivity (Wildman–Crippen MR) is 70.6 cm³/mol. The predicted octanol–water partition coefficient (Wildman–Crippen LogP) is 1.39. The lowest BCUT2D eigenvalue weighted by atomic mass is 10.0. The Morgan fingerprint density at radius 3 is 2.19 bits per heavy atom. The molecule has 1 unspecified atom stereocenters. The molecule has 1 fully saturated rings. The fraction of sp³-hybridized carbons (Fsp3) is 1.00. The van der Waals surface area contributed by atoms with Gasteiger partial charge in [-0.3, -0.25) is 4.90 Å². The van der Waals surface area contributed by atoms with E-state index in [4.69, 9.17) is 5.73 Å². The summed E-state index contributed by atoms with van der Waals surface area (Å²) in [7, 11) is 0. The number of hydrogen-bond acceptors (Lipinski definition) is 3. The molecular weight excluding hydrogens is 198 g/mol. The first-order valence-corrected chi connectivity index (χ1v) is 6.67. The van der Waals surface area contributed by atoms with Crippen LogP contribution >= 0.6 is 0 Å². The average molecular weight is 227 g/mol. The molecule has 1 aliphatic rings. The highest BCUT2D eigenvalue weighted by Gasteiger charge is 2.28. The molecule has 1 rings (SSSR count). The number of nitrogens with two attached hydrogens (primary N) is 1. The van der Waals surface area contributed by atoms with E-state index in [9.17, 15) is 0 Å². The van der Waals surface area contributed by atoms with E-state index in [1.165, 1.54) is 39.1 Å². The molecule has 3 heteroatoms. The van der Waals surface area contributed by atoms with Crippen LogP contribution in [0.3, 0.4) is 0 Å². The van der Waals surface area contributed by atoms with Gasteiger partial charge < -0.3 is 10.6 Å². The van der Waals surface area contributed by atoms with Crippen molar-refractivity contribution < 1.29 is 0 Å². The molecule has 0 amide bonds. The summed E-state index contributed by atoms with van der Waals surface area (Å²) in [5.41, 5.74) is 5.99. The lowest BCUT2D eigenvalue weighted by molar-refractivity contribution is 0.0511. The van der Waals surface area contributed by atoms with Crippen LogP contribution in [0.25, 0.3) is 0 Å². The lowest BCUT2D eigenvalue weighted by Gasteiger charge is -2.44. The quantitative estimate of drug-likeness (QED) is 0.770. The van der Waals surface area contributed by atoms with Gasteiger partial charge in [-0.25, -0.2) is 0 Å². The van der Waals surface area contributed by atoms with Crippen molar-refractivity contribution in [1.82, 2.24) is 9.80 Å². The third-order valence-electron chi connectivity index (χ3n) is 3.99. The van der Waals surface area contributed by atoms with Crippen LogP contribution in [0.15, 0.2) is 0 Å². The van der Waals surface area contributed by atoms with E-state index in [2.05, 4.69) is 37.5 Å². The molecule has 0 aromatic heterocycles. The molecule has 1 atom stereocenters. The first-order valence-electron chi connectivity index (χ1n) is 6.67. The first-order chi connectivity index (χ1) is 7.49. The molecule has 96 valence electrons. The number of rotatable bonds is 5. The zero-order valence-electron chi connectivity index (χ0n) is 11.5. The molecule has 0 spiro atoms. The summed E-state index contributed by atoms with van der Waals surface area (Å²) in [4.78, 5) is 5.12. The Morgan fingerprint density at radius 1 is 1.19 bits per heavy atom. The van der Waals surface area contributed by atoms with Crippen LogP contribution in [0.2, 0.25) is 0 Å². The highest BCUT2D eigenvalue weighted by atomic mass is 15.3. The molecule has 16 heavy (non-hydrogen) atoms. The Morgan fingerprint density at radius 2 is 1.75 bits per heavy atom. The van der Waals surface area contributed by atoms with Gasteiger partial charge in [-0.15, -0.1) is 0 Å². The average Bonchev–Trinajstić information content (AvgIpc) is 2.29. The van der Waals surface area contributed by atoms with E-state index in [0.29, 0.717) is 0 Å². The van der Waals surface area contributed by atoms with Crippen molar-refractivity contribution in [2.75, 3.05) is 39.3 Å². The van der Waals surface area contributed by atoms with E-state index in [0.717, 1.165) is 12.5 Å². The molecule has 3 nitrogen and oxygen atoms in total. The van der Waals surface area contributed by atoms with Crippen molar-refractivity contribution >= 4 is 0 Å². The number of hydrogen-bond donors (Lipinski definition) is 1. The third kappa shape index (κ3) is 3.72. The Labute approximate surface area is 101 Å². The molecule has 0 radical (unpaired) electrons. The second kappa shape index (κ2) is 5.99. The van der Waals surface area contributed by atoms with Gasteiger partial charge in [0.1, 0.15) is 0 Å². The van der Waals surface area contributed by atoms with Crippen LogP contribution in [-0.4, -0.2) is 54.6 Å². The van der Waals surface area contributed by atoms with Gasteiger partial charge >= 0.3 is 0 Å². The highest BCUT2D eigenvalue weighted by Crippen LogP contribution is 2.16. The smallest absolute Gasteiger partial charge is 0.0276 e. The number of nitrogens with zero attached hydrogens (tertiary/aromatic N) is 2. The highest BCUT2D eigenvalue weighted by molar-refractivity contribution is 4.86. The zero-order chi connectivity index (χ0) is 12.2. The van der Waals surface area contributed by atoms with Crippen LogP contribution in [0, 0.1) is 5.92 Å². The van der Waals surface area contributed by atoms with Gasteiger partial charge in [-0.1, -0.05) is 20.3 Å². The molecule has 0 saturated carbocycles. The van der Waals surface area contributed by atoms with Crippen LogP contribution < -0.4 is 5.73 Å². The SMILES string of the molecule is CCC(C)CN1CCN(C(C)(C)CN)CC1. The van der Waals surface area contributed by atoms with E-state index < -0.39 is 0 Å². The maximum Gasteiger partial charge on any atom is 0.0276 e. The van der Waals surface area contributed by atoms with Crippen molar-refractivity contribution in [3.63, 3.8) is 0 Å². The summed E-state index contributed by atoms with van der Waals surface area (Å²) in [5.74, 6) is 0.828. The maximum atomic E-state index is 5.82. The van der Waals surface area contributed by atoms with E-state index in [1.807, 2.05) is 0 Å². The summed E-state index contributed by atoms with van der Waals surface area (Å²) in [6, 6.07) is 0. The van der Waals surface area contributed by atoms with Gasteiger partial charge in [-0.2, -0.15) is 0 Å². The van der Waals surface area contributed by atoms with E-state index in [-0.39, 0.29) is 5.54 Å². The second-order valence-corrected chi connectivity index (χ2v) is 5.82. The fourth-order valence-corrected chi connectivity index (χ4v) is 2.23. The van der Waals surface area contributed by atoms with Gasteiger partial charge in [-0.05, 0) is 19.8 Å². The Hall–Kier alpha value is -0.120. The fourth-order valence-electron chi connectivity index (χ4n) is 2.23. The largest absolute Gasteiger partial charge is 0.329 e. The summed E-state index contributed by atoms with van der Waals surface area (Å²) >= 11 is 0. The Balaban J connectivity index is 2.34. The van der Waals surface area contributed by atoms with E-state index in [1.54, 1.807) is 0 Å². The van der Waals surface area contributed by atoms with Crippen LogP contribution in [0.5, 0.6) is 0 Å². The summed E-state index contributed by atoms with van der Waals surface area (Å²) in [5, 5.41) is 0. The molecule has 1 aliphatic heterocycles. The van der Waals surface area contributed by atoms with Crippen molar-refractivity contribution in [3.8, 4) is 0 Å². The second-order valence-electron chi connectivity index (χ2n) is 5.82. The molecule has 1 saturated heterocycles. The standard InChI is InChI=1S/C13H29N3/c1-5-12(2)10-15-6-8-16(9-7-15)13(3,4)11-14/h12H,5-11,14H2,1-4H3. The van der Waals surface area contributed by atoms with Gasteiger partial charge in [0, 0.05) is 44.8 Å². The van der Waals surface area contributed by atoms with Crippen molar-refractivity contribution in [2.24, 2.45) is 11.7 Å². The van der Waals surface area contributed by atoms with Crippen LogP contribution in [0.1, 0.15) is 34.1 Å². The van der Waals surface area contributed by atoms with Crippen LogP contribution in [0.4, 0.5) is 0 Å². The van der Waals surface area contributed by atoms with Gasteiger partial charge in [0.2, 0.25) is 0 Å². The molecular formula is C13H29N3. The van der Waals surface area contributed by atoms with E-state index >= 15 is 0 Å². The van der Waals surface area contributed by atoms with Crippen molar-refractivity contribution in [3.05, 3.63) is 0 Å². The molecule has 1 heterocycles. The minimum atomic E-state index is 0.169. The molecule has 0 aliphatic carbocycles. The molecule has 0 bridgehead atoms. The normalized spacial score (nSPS) is 22.3. The van der Waals surface area contributed by atoms with Crippen molar-refractivity contribution in [2.45, 2.75) is 39.7 Å². The van der Waals surface area contributed by atoms with Crippen molar-refractivity contribution in [1.29, 1.82) is 0 Å². The van der Waals surface area contributed by atoms with Gasteiger partial charge in [0.25, 0.3) is 0 Å². The molecule has 0 aromatic rings. The zero-order valence-corrected chi connectivity index (χ0v) is 11.5. The van der Waals surface area contributed by atoms with Gasteiger partial charge in [0.15, 0.2) is 0 Å². The number of piperazine rings is 1. The molecule has 0 aromatic carbocycles.